The summed E-state index contributed by atoms with van der Waals surface area (Å²) in [5.74, 6) is -1.42. The minimum absolute atomic E-state index is 0.0132. The Kier molecular flexibility index (Phi) is 4.21. The van der Waals surface area contributed by atoms with E-state index in [4.69, 9.17) is 16.7 Å². The van der Waals surface area contributed by atoms with Crippen LogP contribution in [0.5, 0.6) is 0 Å². The molecule has 1 aromatic heterocycles. The maximum absolute atomic E-state index is 12.4. The van der Waals surface area contributed by atoms with Gasteiger partial charge in [-0.2, -0.15) is 0 Å². The van der Waals surface area contributed by atoms with Crippen molar-refractivity contribution in [3.8, 4) is 0 Å². The number of hydrogen-bond donors (Lipinski definition) is 1. The standard InChI is InChI=1S/C8H5ClF2INO2/c9-1-4-5(8(14)15)6(12)3(2-13-4)7(10)11/h2,7H,1H2,(H,14,15). The van der Waals surface area contributed by atoms with Crippen LogP contribution in [0, 0.1) is 3.57 Å². The molecule has 7 heteroatoms. The van der Waals surface area contributed by atoms with Crippen molar-refractivity contribution in [1.29, 1.82) is 0 Å². The van der Waals surface area contributed by atoms with Crippen LogP contribution in [0.2, 0.25) is 0 Å². The monoisotopic (exact) mass is 347 g/mol. The molecule has 0 aromatic carbocycles. The van der Waals surface area contributed by atoms with Gasteiger partial charge in [-0.25, -0.2) is 13.6 Å². The molecule has 0 atom stereocenters. The Balaban J connectivity index is 3.42. The summed E-state index contributed by atoms with van der Waals surface area (Å²) < 4.78 is 24.9. The van der Waals surface area contributed by atoms with E-state index in [1.807, 2.05) is 0 Å². The summed E-state index contributed by atoms with van der Waals surface area (Å²) in [6.45, 7) is 0. The first-order valence-electron chi connectivity index (χ1n) is 3.73. The van der Waals surface area contributed by atoms with Crippen molar-refractivity contribution in [3.05, 3.63) is 26.6 Å². The first kappa shape index (κ1) is 12.6. The van der Waals surface area contributed by atoms with Crippen LogP contribution in [0.1, 0.15) is 28.0 Å². The summed E-state index contributed by atoms with van der Waals surface area (Å²) in [4.78, 5) is 14.4. The number of carbonyl (C=O) groups is 1. The Morgan fingerprint density at radius 1 is 1.67 bits per heavy atom. The fourth-order valence-corrected chi connectivity index (χ4v) is 2.13. The topological polar surface area (TPSA) is 50.2 Å². The SMILES string of the molecule is O=C(O)c1c(CCl)ncc(C(F)F)c1I. The van der Waals surface area contributed by atoms with Gasteiger partial charge in [-0.15, -0.1) is 11.6 Å². The van der Waals surface area contributed by atoms with Crippen LogP contribution >= 0.6 is 34.2 Å². The number of hydrogen-bond acceptors (Lipinski definition) is 2. The van der Waals surface area contributed by atoms with Crippen LogP contribution in [0.3, 0.4) is 0 Å². The second kappa shape index (κ2) is 5.02. The van der Waals surface area contributed by atoms with Crippen molar-refractivity contribution in [3.63, 3.8) is 0 Å². The number of pyridine rings is 1. The number of aromatic carboxylic acids is 1. The molecule has 0 radical (unpaired) electrons. The lowest BCUT2D eigenvalue weighted by Crippen LogP contribution is -2.09. The maximum Gasteiger partial charge on any atom is 0.338 e. The molecule has 0 fully saturated rings. The Morgan fingerprint density at radius 3 is 2.67 bits per heavy atom. The van der Waals surface area contributed by atoms with E-state index in [1.165, 1.54) is 0 Å². The van der Waals surface area contributed by atoms with Gasteiger partial charge in [0.2, 0.25) is 0 Å². The predicted octanol–water partition coefficient (Wildman–Crippen LogP) is 3.06. The smallest absolute Gasteiger partial charge is 0.338 e. The molecule has 15 heavy (non-hydrogen) atoms. The van der Waals surface area contributed by atoms with Gasteiger partial charge in [0.25, 0.3) is 6.43 Å². The first-order valence-corrected chi connectivity index (χ1v) is 5.35. The molecule has 1 heterocycles. The van der Waals surface area contributed by atoms with E-state index in [1.54, 1.807) is 22.6 Å². The lowest BCUT2D eigenvalue weighted by Gasteiger charge is -2.08. The van der Waals surface area contributed by atoms with Crippen LogP contribution in [0.25, 0.3) is 0 Å². The van der Waals surface area contributed by atoms with Gasteiger partial charge < -0.3 is 5.11 Å². The van der Waals surface area contributed by atoms with Crippen molar-refractivity contribution in [2.75, 3.05) is 0 Å². The molecule has 1 N–H and O–H groups in total. The summed E-state index contributed by atoms with van der Waals surface area (Å²) in [5.41, 5.74) is -0.539. The number of carboxylic acid groups (broad SMARTS) is 1. The number of carboxylic acids is 1. The van der Waals surface area contributed by atoms with E-state index >= 15 is 0 Å². The third kappa shape index (κ3) is 2.54. The molecule has 0 spiro atoms. The van der Waals surface area contributed by atoms with E-state index in [2.05, 4.69) is 4.98 Å². The van der Waals surface area contributed by atoms with Gasteiger partial charge in [0.15, 0.2) is 0 Å². The molecule has 0 amide bonds. The van der Waals surface area contributed by atoms with Gasteiger partial charge >= 0.3 is 5.97 Å². The van der Waals surface area contributed by atoms with Crippen LogP contribution in [0.15, 0.2) is 6.20 Å². The number of halogens is 4. The van der Waals surface area contributed by atoms with Gasteiger partial charge in [0.05, 0.1) is 22.7 Å². The summed E-state index contributed by atoms with van der Waals surface area (Å²) in [6.07, 6.45) is -1.79. The third-order valence-electron chi connectivity index (χ3n) is 1.70. The van der Waals surface area contributed by atoms with E-state index < -0.39 is 12.4 Å². The van der Waals surface area contributed by atoms with Crippen LogP contribution < -0.4 is 0 Å². The highest BCUT2D eigenvalue weighted by atomic mass is 127. The molecular weight excluding hydrogens is 342 g/mol. The largest absolute Gasteiger partial charge is 0.478 e. The molecule has 3 nitrogen and oxygen atoms in total. The minimum atomic E-state index is -2.74. The lowest BCUT2D eigenvalue weighted by molar-refractivity contribution is 0.0693. The molecule has 1 rings (SSSR count). The lowest BCUT2D eigenvalue weighted by atomic mass is 10.1. The number of nitrogens with zero attached hydrogens (tertiary/aromatic N) is 1. The van der Waals surface area contributed by atoms with Crippen molar-refractivity contribution in [2.45, 2.75) is 12.3 Å². The third-order valence-corrected chi connectivity index (χ3v) is 3.11. The molecule has 0 aliphatic carbocycles. The van der Waals surface area contributed by atoms with Crippen LogP contribution in [0.4, 0.5) is 8.78 Å². The fraction of sp³-hybridized carbons (Fsp3) is 0.250. The highest BCUT2D eigenvalue weighted by Gasteiger charge is 2.22. The van der Waals surface area contributed by atoms with Crippen molar-refractivity contribution >= 4 is 40.2 Å². The Morgan fingerprint density at radius 2 is 2.27 bits per heavy atom. The maximum atomic E-state index is 12.4. The summed E-state index contributed by atoms with van der Waals surface area (Å²) in [5, 5.41) is 8.84. The Hall–Kier alpha value is -0.500. The Bertz CT molecular complexity index is 400. The predicted molar refractivity (Wildman–Crippen MR) is 58.4 cm³/mol. The van der Waals surface area contributed by atoms with Gasteiger partial charge in [-0.1, -0.05) is 0 Å². The van der Waals surface area contributed by atoms with Gasteiger partial charge in [-0.05, 0) is 22.6 Å². The zero-order valence-corrected chi connectivity index (χ0v) is 10.1. The molecule has 0 bridgehead atoms. The molecule has 0 saturated carbocycles. The number of rotatable bonds is 3. The Labute approximate surface area is 103 Å². The molecule has 1 aromatic rings. The number of alkyl halides is 3. The molecule has 0 aliphatic heterocycles. The average molecular weight is 347 g/mol. The van der Waals surface area contributed by atoms with Crippen molar-refractivity contribution < 1.29 is 18.7 Å². The average Bonchev–Trinajstić information content (AvgIpc) is 2.15. The molecule has 0 aliphatic rings. The molecular formula is C8H5ClF2INO2. The fourth-order valence-electron chi connectivity index (χ4n) is 1.01. The van der Waals surface area contributed by atoms with E-state index in [0.29, 0.717) is 0 Å². The zero-order chi connectivity index (χ0) is 11.6. The molecule has 0 saturated heterocycles. The van der Waals surface area contributed by atoms with E-state index in [9.17, 15) is 13.6 Å². The second-order valence-electron chi connectivity index (χ2n) is 2.59. The molecule has 0 unspecified atom stereocenters. The quantitative estimate of drug-likeness (QED) is 0.675. The zero-order valence-electron chi connectivity index (χ0n) is 7.18. The minimum Gasteiger partial charge on any atom is -0.478 e. The molecule has 82 valence electrons. The van der Waals surface area contributed by atoms with E-state index in [-0.39, 0.29) is 26.3 Å². The van der Waals surface area contributed by atoms with Crippen molar-refractivity contribution in [1.82, 2.24) is 4.98 Å². The second-order valence-corrected chi connectivity index (χ2v) is 3.93. The van der Waals surface area contributed by atoms with Gasteiger partial charge in [-0.3, -0.25) is 4.98 Å². The van der Waals surface area contributed by atoms with Crippen molar-refractivity contribution in [2.24, 2.45) is 0 Å². The summed E-state index contributed by atoms with van der Waals surface area (Å²) >= 11 is 7.02. The highest BCUT2D eigenvalue weighted by molar-refractivity contribution is 14.1. The first-order chi connectivity index (χ1) is 6.99. The van der Waals surface area contributed by atoms with E-state index in [0.717, 1.165) is 6.20 Å². The number of aromatic nitrogens is 1. The van der Waals surface area contributed by atoms with Gasteiger partial charge in [0.1, 0.15) is 0 Å². The summed E-state index contributed by atoms with van der Waals surface area (Å²) in [6, 6.07) is 0. The normalized spacial score (nSPS) is 10.7. The van der Waals surface area contributed by atoms with Gasteiger partial charge in [0, 0.05) is 9.77 Å². The van der Waals surface area contributed by atoms with Crippen LogP contribution in [-0.4, -0.2) is 16.1 Å². The summed E-state index contributed by atoms with van der Waals surface area (Å²) in [7, 11) is 0. The highest BCUT2D eigenvalue weighted by Crippen LogP contribution is 2.28. The van der Waals surface area contributed by atoms with Crippen LogP contribution in [-0.2, 0) is 5.88 Å².